The summed E-state index contributed by atoms with van der Waals surface area (Å²) in [5, 5.41) is 0. The molecule has 0 bridgehead atoms. The van der Waals surface area contributed by atoms with Crippen LogP contribution in [0.1, 0.15) is 44.9 Å². The Labute approximate surface area is 121 Å². The van der Waals surface area contributed by atoms with Crippen molar-refractivity contribution in [3.05, 3.63) is 0 Å². The largest absolute Gasteiger partial charge is 0.381 e. The van der Waals surface area contributed by atoms with E-state index < -0.39 is 0 Å². The first-order valence-electron chi connectivity index (χ1n) is 8.31. The van der Waals surface area contributed by atoms with Crippen LogP contribution < -0.4 is 0 Å². The lowest BCUT2D eigenvalue weighted by molar-refractivity contribution is -0.138. The van der Waals surface area contributed by atoms with Gasteiger partial charge in [0.25, 0.3) is 0 Å². The molecule has 0 spiro atoms. The van der Waals surface area contributed by atoms with Gasteiger partial charge in [0.2, 0.25) is 5.91 Å². The van der Waals surface area contributed by atoms with Gasteiger partial charge in [-0.3, -0.25) is 4.79 Å². The third-order valence-corrected chi connectivity index (χ3v) is 5.05. The number of ether oxygens (including phenoxy) is 2. The fourth-order valence-corrected chi connectivity index (χ4v) is 3.66. The number of rotatable bonds is 4. The van der Waals surface area contributed by atoms with E-state index in [0.29, 0.717) is 23.8 Å². The van der Waals surface area contributed by atoms with Crippen molar-refractivity contribution in [2.24, 2.45) is 11.8 Å². The van der Waals surface area contributed by atoms with Gasteiger partial charge in [0.05, 0.1) is 19.3 Å². The molecule has 0 aromatic rings. The number of nitrogens with zero attached hydrogens (tertiary/aromatic N) is 1. The highest BCUT2D eigenvalue weighted by molar-refractivity contribution is 5.79. The van der Waals surface area contributed by atoms with Crippen molar-refractivity contribution < 1.29 is 14.3 Å². The SMILES string of the molecule is O=C(C1CCCC1)N1CCC(OC[C@H]2CCOC2)CC1. The molecule has 4 heteroatoms. The molecule has 0 radical (unpaired) electrons. The average Bonchev–Trinajstić information content (AvgIpc) is 3.18. The third kappa shape index (κ3) is 3.53. The zero-order valence-corrected chi connectivity index (χ0v) is 12.4. The van der Waals surface area contributed by atoms with E-state index >= 15 is 0 Å². The van der Waals surface area contributed by atoms with E-state index in [0.717, 1.165) is 65.0 Å². The monoisotopic (exact) mass is 281 g/mol. The molecule has 2 saturated heterocycles. The summed E-state index contributed by atoms with van der Waals surface area (Å²) in [7, 11) is 0. The summed E-state index contributed by atoms with van der Waals surface area (Å²) in [6, 6.07) is 0. The lowest BCUT2D eigenvalue weighted by atomic mass is 10.0. The molecule has 4 nitrogen and oxygen atoms in total. The Morgan fingerprint density at radius 2 is 1.85 bits per heavy atom. The smallest absolute Gasteiger partial charge is 0.225 e. The second-order valence-electron chi connectivity index (χ2n) is 6.57. The molecule has 0 aromatic heterocycles. The molecule has 0 aromatic carbocycles. The van der Waals surface area contributed by atoms with Gasteiger partial charge in [0.1, 0.15) is 0 Å². The van der Waals surface area contributed by atoms with Gasteiger partial charge >= 0.3 is 0 Å². The Morgan fingerprint density at radius 3 is 2.50 bits per heavy atom. The zero-order valence-electron chi connectivity index (χ0n) is 12.4. The molecule has 20 heavy (non-hydrogen) atoms. The fourth-order valence-electron chi connectivity index (χ4n) is 3.66. The first-order valence-corrected chi connectivity index (χ1v) is 8.31. The Morgan fingerprint density at radius 1 is 1.10 bits per heavy atom. The summed E-state index contributed by atoms with van der Waals surface area (Å²) in [6.45, 7) is 4.37. The summed E-state index contributed by atoms with van der Waals surface area (Å²) < 4.78 is 11.4. The van der Waals surface area contributed by atoms with Crippen LogP contribution in [-0.2, 0) is 14.3 Å². The molecule has 3 aliphatic rings. The second kappa shape index (κ2) is 6.90. The van der Waals surface area contributed by atoms with E-state index in [1.165, 1.54) is 12.8 Å². The Hall–Kier alpha value is -0.610. The highest BCUT2D eigenvalue weighted by atomic mass is 16.5. The van der Waals surface area contributed by atoms with E-state index in [4.69, 9.17) is 9.47 Å². The van der Waals surface area contributed by atoms with Crippen LogP contribution in [0.3, 0.4) is 0 Å². The predicted octanol–water partition coefficient (Wildman–Crippen LogP) is 2.22. The van der Waals surface area contributed by atoms with Crippen molar-refractivity contribution in [2.45, 2.75) is 51.0 Å². The molecule has 2 heterocycles. The number of carbonyl (C=O) groups is 1. The van der Waals surface area contributed by atoms with Crippen LogP contribution in [0.5, 0.6) is 0 Å². The lowest BCUT2D eigenvalue weighted by Crippen LogP contribution is -2.43. The van der Waals surface area contributed by atoms with Crippen molar-refractivity contribution in [2.75, 3.05) is 32.9 Å². The van der Waals surface area contributed by atoms with Gasteiger partial charge in [-0.15, -0.1) is 0 Å². The Balaban J connectivity index is 1.36. The van der Waals surface area contributed by atoms with Gasteiger partial charge < -0.3 is 14.4 Å². The summed E-state index contributed by atoms with van der Waals surface area (Å²) in [5.74, 6) is 1.32. The lowest BCUT2D eigenvalue weighted by Gasteiger charge is -2.33. The molecular weight excluding hydrogens is 254 g/mol. The second-order valence-corrected chi connectivity index (χ2v) is 6.57. The van der Waals surface area contributed by atoms with Gasteiger partial charge in [0, 0.05) is 31.5 Å². The Kier molecular flexibility index (Phi) is 4.94. The van der Waals surface area contributed by atoms with E-state index in [9.17, 15) is 4.79 Å². The van der Waals surface area contributed by atoms with Crippen molar-refractivity contribution in [1.29, 1.82) is 0 Å². The molecule has 2 aliphatic heterocycles. The maximum atomic E-state index is 12.3. The average molecular weight is 281 g/mol. The predicted molar refractivity (Wildman–Crippen MR) is 76.4 cm³/mol. The fraction of sp³-hybridized carbons (Fsp3) is 0.938. The van der Waals surface area contributed by atoms with Crippen LogP contribution in [0.15, 0.2) is 0 Å². The van der Waals surface area contributed by atoms with Gasteiger partial charge in [0.15, 0.2) is 0 Å². The van der Waals surface area contributed by atoms with Gasteiger partial charge in [-0.2, -0.15) is 0 Å². The summed E-state index contributed by atoms with van der Waals surface area (Å²) >= 11 is 0. The molecule has 1 aliphatic carbocycles. The number of hydrogen-bond donors (Lipinski definition) is 0. The molecule has 1 saturated carbocycles. The topological polar surface area (TPSA) is 38.8 Å². The molecule has 114 valence electrons. The summed E-state index contributed by atoms with van der Waals surface area (Å²) in [5.41, 5.74) is 0. The van der Waals surface area contributed by atoms with Crippen LogP contribution in [0.2, 0.25) is 0 Å². The summed E-state index contributed by atoms with van der Waals surface area (Å²) in [6.07, 6.45) is 8.19. The molecule has 0 N–H and O–H groups in total. The van der Waals surface area contributed by atoms with Gasteiger partial charge in [-0.05, 0) is 32.1 Å². The molecule has 0 unspecified atom stereocenters. The molecule has 1 amide bonds. The minimum atomic E-state index is 0.322. The van der Waals surface area contributed by atoms with Crippen LogP contribution in [0.4, 0.5) is 0 Å². The maximum Gasteiger partial charge on any atom is 0.225 e. The number of hydrogen-bond acceptors (Lipinski definition) is 3. The molecule has 1 atom stereocenters. The van der Waals surface area contributed by atoms with Crippen molar-refractivity contribution >= 4 is 5.91 Å². The molecule has 3 fully saturated rings. The highest BCUT2D eigenvalue weighted by Crippen LogP contribution is 2.28. The molecular formula is C16H27NO3. The van der Waals surface area contributed by atoms with Crippen molar-refractivity contribution in [1.82, 2.24) is 4.90 Å². The number of likely N-dealkylation sites (tertiary alicyclic amines) is 1. The third-order valence-electron chi connectivity index (χ3n) is 5.05. The van der Waals surface area contributed by atoms with E-state index in [1.807, 2.05) is 0 Å². The zero-order chi connectivity index (χ0) is 13.8. The standard InChI is InChI=1S/C16H27NO3/c18-16(14-3-1-2-4-14)17-8-5-15(6-9-17)20-12-13-7-10-19-11-13/h13-15H,1-12H2/t13-/m0/s1. The highest BCUT2D eigenvalue weighted by Gasteiger charge is 2.30. The number of carbonyl (C=O) groups excluding carboxylic acids is 1. The van der Waals surface area contributed by atoms with Crippen LogP contribution in [-0.4, -0.2) is 49.8 Å². The first kappa shape index (κ1) is 14.3. The van der Waals surface area contributed by atoms with Crippen molar-refractivity contribution in [3.63, 3.8) is 0 Å². The Bertz CT molecular complexity index is 314. The van der Waals surface area contributed by atoms with E-state index in [1.54, 1.807) is 0 Å². The van der Waals surface area contributed by atoms with Crippen LogP contribution >= 0.6 is 0 Å². The van der Waals surface area contributed by atoms with Crippen molar-refractivity contribution in [3.8, 4) is 0 Å². The molecule has 3 rings (SSSR count). The maximum absolute atomic E-state index is 12.3. The van der Waals surface area contributed by atoms with Crippen LogP contribution in [0.25, 0.3) is 0 Å². The normalized spacial score (nSPS) is 29.2. The number of piperidine rings is 1. The quantitative estimate of drug-likeness (QED) is 0.793. The minimum absolute atomic E-state index is 0.322. The minimum Gasteiger partial charge on any atom is -0.381 e. The van der Waals surface area contributed by atoms with Crippen LogP contribution in [0, 0.1) is 11.8 Å². The van der Waals surface area contributed by atoms with Gasteiger partial charge in [-0.1, -0.05) is 12.8 Å². The van der Waals surface area contributed by atoms with E-state index in [-0.39, 0.29) is 0 Å². The summed E-state index contributed by atoms with van der Waals surface area (Å²) in [4.78, 5) is 14.4. The van der Waals surface area contributed by atoms with E-state index in [2.05, 4.69) is 4.90 Å². The van der Waals surface area contributed by atoms with Gasteiger partial charge in [-0.25, -0.2) is 0 Å². The number of amides is 1. The first-order chi connectivity index (χ1) is 9.83.